The fourth-order valence-corrected chi connectivity index (χ4v) is 4.97. The van der Waals surface area contributed by atoms with Gasteiger partial charge in [-0.25, -0.2) is 4.79 Å². The van der Waals surface area contributed by atoms with Crippen LogP contribution in [-0.2, 0) is 16.1 Å². The van der Waals surface area contributed by atoms with Gasteiger partial charge in [0.2, 0.25) is 5.91 Å². The van der Waals surface area contributed by atoms with Crippen LogP contribution < -0.4 is 0 Å². The second-order valence-electron chi connectivity index (χ2n) is 8.73. The van der Waals surface area contributed by atoms with Crippen LogP contribution in [0.15, 0.2) is 54.6 Å². The molecule has 0 spiro atoms. The number of piperidine rings is 1. The Kier molecular flexibility index (Phi) is 7.03. The van der Waals surface area contributed by atoms with Gasteiger partial charge in [0.1, 0.15) is 0 Å². The molecule has 164 valence electrons. The average Bonchev–Trinajstić information content (AvgIpc) is 3.01. The molecule has 0 aromatic heterocycles. The van der Waals surface area contributed by atoms with E-state index in [0.29, 0.717) is 30.5 Å². The van der Waals surface area contributed by atoms with Crippen LogP contribution in [0.1, 0.15) is 59.5 Å². The number of methoxy groups -OCH3 is 1. The van der Waals surface area contributed by atoms with E-state index in [1.807, 2.05) is 17.0 Å². The van der Waals surface area contributed by atoms with Crippen molar-refractivity contribution in [3.63, 3.8) is 0 Å². The van der Waals surface area contributed by atoms with Gasteiger partial charge in [-0.2, -0.15) is 0 Å². The minimum atomic E-state index is -0.337. The number of hydrogen-bond acceptors (Lipinski definition) is 4. The standard InChI is InChI=1S/C26H32N2O3/c1-31-26(30)22-11-9-20(10-12-22)18-28-17-15-24(13-14-25(28)29)27-16-5-8-23(19-27)21-6-3-2-4-7-21/h2-4,6-7,9-12,23-24H,5,8,13-19H2,1H3/t23-,24-/m0/s1. The molecule has 5 heteroatoms. The Morgan fingerprint density at radius 3 is 2.52 bits per heavy atom. The maximum atomic E-state index is 12.8. The summed E-state index contributed by atoms with van der Waals surface area (Å²) in [5, 5.41) is 0. The number of carbonyl (C=O) groups excluding carboxylic acids is 2. The van der Waals surface area contributed by atoms with E-state index in [1.54, 1.807) is 12.1 Å². The first-order chi connectivity index (χ1) is 15.1. The number of ether oxygens (including phenoxy) is 1. The third-order valence-corrected chi connectivity index (χ3v) is 6.77. The van der Waals surface area contributed by atoms with Gasteiger partial charge in [-0.05, 0) is 61.4 Å². The van der Waals surface area contributed by atoms with Crippen LogP contribution in [0, 0.1) is 0 Å². The summed E-state index contributed by atoms with van der Waals surface area (Å²) in [5.41, 5.74) is 3.02. The second-order valence-corrected chi connectivity index (χ2v) is 8.73. The van der Waals surface area contributed by atoms with Crippen molar-refractivity contribution in [1.29, 1.82) is 0 Å². The minimum absolute atomic E-state index is 0.233. The summed E-state index contributed by atoms with van der Waals surface area (Å²) in [6.45, 7) is 3.61. The molecule has 0 radical (unpaired) electrons. The predicted octanol–water partition coefficient (Wildman–Crippen LogP) is 4.23. The van der Waals surface area contributed by atoms with Crippen molar-refractivity contribution in [3.05, 3.63) is 71.3 Å². The lowest BCUT2D eigenvalue weighted by Gasteiger charge is -2.38. The van der Waals surface area contributed by atoms with Crippen LogP contribution >= 0.6 is 0 Å². The number of benzene rings is 2. The van der Waals surface area contributed by atoms with Crippen molar-refractivity contribution in [2.45, 2.75) is 50.6 Å². The largest absolute Gasteiger partial charge is 0.465 e. The normalized spacial score (nSPS) is 22.7. The molecule has 0 unspecified atom stereocenters. The average molecular weight is 421 g/mol. The Labute approximate surface area is 185 Å². The maximum Gasteiger partial charge on any atom is 0.337 e. The van der Waals surface area contributed by atoms with Gasteiger partial charge in [-0.15, -0.1) is 0 Å². The number of carbonyl (C=O) groups is 2. The number of esters is 1. The van der Waals surface area contributed by atoms with Crippen LogP contribution in [0.5, 0.6) is 0 Å². The number of likely N-dealkylation sites (tertiary alicyclic amines) is 2. The highest BCUT2D eigenvalue weighted by atomic mass is 16.5. The Hall–Kier alpha value is -2.66. The van der Waals surface area contributed by atoms with Crippen LogP contribution in [0.2, 0.25) is 0 Å². The summed E-state index contributed by atoms with van der Waals surface area (Å²) < 4.78 is 4.76. The molecule has 2 fully saturated rings. The molecule has 4 rings (SSSR count). The van der Waals surface area contributed by atoms with Gasteiger partial charge < -0.3 is 9.64 Å². The molecule has 2 saturated heterocycles. The van der Waals surface area contributed by atoms with Crippen molar-refractivity contribution in [2.75, 3.05) is 26.7 Å². The lowest BCUT2D eigenvalue weighted by atomic mass is 9.89. The van der Waals surface area contributed by atoms with E-state index in [-0.39, 0.29) is 11.9 Å². The Bertz CT molecular complexity index is 881. The molecular formula is C26H32N2O3. The molecule has 1 amide bonds. The van der Waals surface area contributed by atoms with Gasteiger partial charge in [-0.1, -0.05) is 42.5 Å². The molecule has 0 saturated carbocycles. The molecule has 0 bridgehead atoms. The molecule has 5 nitrogen and oxygen atoms in total. The summed E-state index contributed by atoms with van der Waals surface area (Å²) in [6.07, 6.45) is 5.04. The highest BCUT2D eigenvalue weighted by Gasteiger charge is 2.30. The van der Waals surface area contributed by atoms with E-state index in [1.165, 1.54) is 25.5 Å². The molecule has 2 aromatic carbocycles. The summed E-state index contributed by atoms with van der Waals surface area (Å²) in [6, 6.07) is 18.7. The lowest BCUT2D eigenvalue weighted by molar-refractivity contribution is -0.131. The van der Waals surface area contributed by atoms with Gasteiger partial charge in [0.15, 0.2) is 0 Å². The molecule has 2 atom stereocenters. The molecule has 2 aliphatic rings. The summed E-state index contributed by atoms with van der Waals surface area (Å²) in [5.74, 6) is 0.491. The first-order valence-electron chi connectivity index (χ1n) is 11.4. The molecule has 0 aliphatic carbocycles. The Morgan fingerprint density at radius 2 is 1.77 bits per heavy atom. The zero-order valence-electron chi connectivity index (χ0n) is 18.3. The lowest BCUT2D eigenvalue weighted by Crippen LogP contribution is -2.42. The fourth-order valence-electron chi connectivity index (χ4n) is 4.97. The van der Waals surface area contributed by atoms with E-state index in [9.17, 15) is 9.59 Å². The van der Waals surface area contributed by atoms with Crippen molar-refractivity contribution >= 4 is 11.9 Å². The SMILES string of the molecule is COC(=O)c1ccc(CN2CC[C@@H](N3CCC[C@H](c4ccccc4)C3)CCC2=O)cc1. The summed E-state index contributed by atoms with van der Waals surface area (Å²) in [7, 11) is 1.38. The molecule has 31 heavy (non-hydrogen) atoms. The second kappa shape index (κ2) is 10.1. The van der Waals surface area contributed by atoms with Crippen LogP contribution in [0.3, 0.4) is 0 Å². The van der Waals surface area contributed by atoms with Crippen LogP contribution in [0.4, 0.5) is 0 Å². The summed E-state index contributed by atoms with van der Waals surface area (Å²) >= 11 is 0. The first kappa shape index (κ1) is 21.6. The van der Waals surface area contributed by atoms with Crippen molar-refractivity contribution in [1.82, 2.24) is 9.80 Å². The number of amides is 1. The summed E-state index contributed by atoms with van der Waals surface area (Å²) in [4.78, 5) is 29.0. The zero-order chi connectivity index (χ0) is 21.6. The van der Waals surface area contributed by atoms with E-state index >= 15 is 0 Å². The van der Waals surface area contributed by atoms with Crippen molar-refractivity contribution < 1.29 is 14.3 Å². The van der Waals surface area contributed by atoms with Gasteiger partial charge in [0.05, 0.1) is 12.7 Å². The third-order valence-electron chi connectivity index (χ3n) is 6.77. The smallest absolute Gasteiger partial charge is 0.337 e. The Balaban J connectivity index is 1.35. The van der Waals surface area contributed by atoms with Gasteiger partial charge in [0.25, 0.3) is 0 Å². The van der Waals surface area contributed by atoms with E-state index < -0.39 is 0 Å². The van der Waals surface area contributed by atoms with Crippen LogP contribution in [0.25, 0.3) is 0 Å². The van der Waals surface area contributed by atoms with Crippen LogP contribution in [-0.4, -0.2) is 54.5 Å². The quantitative estimate of drug-likeness (QED) is 0.679. The third kappa shape index (κ3) is 5.34. The molecule has 2 aromatic rings. The highest BCUT2D eigenvalue weighted by molar-refractivity contribution is 5.89. The number of rotatable bonds is 5. The van der Waals surface area contributed by atoms with Gasteiger partial charge in [0, 0.05) is 32.1 Å². The topological polar surface area (TPSA) is 49.9 Å². The van der Waals surface area contributed by atoms with Crippen molar-refractivity contribution in [2.24, 2.45) is 0 Å². The molecule has 2 aliphatic heterocycles. The van der Waals surface area contributed by atoms with Crippen molar-refractivity contribution in [3.8, 4) is 0 Å². The number of nitrogens with zero attached hydrogens (tertiary/aromatic N) is 2. The van der Waals surface area contributed by atoms with E-state index in [4.69, 9.17) is 4.74 Å². The minimum Gasteiger partial charge on any atom is -0.465 e. The molecule has 0 N–H and O–H groups in total. The maximum absolute atomic E-state index is 12.8. The fraction of sp³-hybridized carbons (Fsp3) is 0.462. The monoisotopic (exact) mass is 420 g/mol. The molecular weight excluding hydrogens is 388 g/mol. The van der Waals surface area contributed by atoms with Gasteiger partial charge >= 0.3 is 5.97 Å². The molecule has 2 heterocycles. The first-order valence-corrected chi connectivity index (χ1v) is 11.4. The zero-order valence-corrected chi connectivity index (χ0v) is 18.3. The van der Waals surface area contributed by atoms with Gasteiger partial charge in [-0.3, -0.25) is 9.69 Å². The van der Waals surface area contributed by atoms with E-state index in [0.717, 1.165) is 38.0 Å². The Morgan fingerprint density at radius 1 is 1.00 bits per heavy atom. The predicted molar refractivity (Wildman–Crippen MR) is 121 cm³/mol. The van der Waals surface area contributed by atoms with E-state index in [2.05, 4.69) is 35.2 Å². The number of hydrogen-bond donors (Lipinski definition) is 0. The highest BCUT2D eigenvalue weighted by Crippen LogP contribution is 2.30.